The maximum Gasteiger partial charge on any atom is 0.225 e. The maximum absolute atomic E-state index is 11.4. The van der Waals surface area contributed by atoms with Crippen LogP contribution in [0.1, 0.15) is 92.9 Å². The summed E-state index contributed by atoms with van der Waals surface area (Å²) in [6.07, 6.45) is 11.3. The average molecular weight is 638 g/mol. The number of fused-ring (bicyclic) bond motifs is 1. The number of thioether (sulfide) groups is 1. The summed E-state index contributed by atoms with van der Waals surface area (Å²) in [5, 5.41) is 20.3. The Balaban J connectivity index is 1.04. The van der Waals surface area contributed by atoms with Gasteiger partial charge in [-0.2, -0.15) is 4.98 Å². The van der Waals surface area contributed by atoms with Crippen molar-refractivity contribution in [3.8, 4) is 0 Å². The molecule has 3 N–H and O–H groups in total. The molecule has 1 heterocycles. The second-order valence-corrected chi connectivity index (χ2v) is 15.1. The summed E-state index contributed by atoms with van der Waals surface area (Å²) in [7, 11) is 4.07. The minimum absolute atomic E-state index is 0.266. The van der Waals surface area contributed by atoms with Gasteiger partial charge in [-0.1, -0.05) is 73.4 Å². The fourth-order valence-electron chi connectivity index (χ4n) is 7.18. The zero-order valence-electron chi connectivity index (χ0n) is 27.8. The summed E-state index contributed by atoms with van der Waals surface area (Å²) in [5.74, 6) is 2.35. The third-order valence-corrected chi connectivity index (χ3v) is 11.1. The first-order chi connectivity index (χ1) is 22.4. The predicted molar refractivity (Wildman–Crippen MR) is 194 cm³/mol. The first-order valence-corrected chi connectivity index (χ1v) is 18.2. The summed E-state index contributed by atoms with van der Waals surface area (Å²) in [6.45, 7) is 3.01. The van der Waals surface area contributed by atoms with Crippen LogP contribution >= 0.6 is 11.8 Å². The molecule has 6 nitrogen and oxygen atoms in total. The number of nitrogens with one attached hydrogen (secondary N) is 2. The highest BCUT2D eigenvalue weighted by Crippen LogP contribution is 2.35. The van der Waals surface area contributed by atoms with Gasteiger partial charge < -0.3 is 20.6 Å². The lowest BCUT2D eigenvalue weighted by Gasteiger charge is -2.31. The lowest BCUT2D eigenvalue weighted by atomic mass is 9.83. The molecule has 2 unspecified atom stereocenters. The molecule has 2 atom stereocenters. The lowest BCUT2D eigenvalue weighted by molar-refractivity contribution is 0.165. The molecule has 0 saturated heterocycles. The standard InChI is InChI=1S/C39H51N5OS/c1-27-13-23-33(24-14-27)46-34(25-37(45)30-17-15-29(16-18-30)28-9-5-4-6-10-28)26-40-31-19-21-32(22-20-31)41-39-42-36-12-8-7-11-35(36)38(43-39)44(2)3/h7-8,11-18,23-24,28,31-32,34,37,40,45H,4-6,9-10,19-22,25-26H2,1-3H3,(H,41,42,43)/t31-,32+,34?,37?. The van der Waals surface area contributed by atoms with E-state index >= 15 is 0 Å². The van der Waals surface area contributed by atoms with Gasteiger partial charge in [0.25, 0.3) is 0 Å². The van der Waals surface area contributed by atoms with E-state index in [0.29, 0.717) is 23.9 Å². The second-order valence-electron chi connectivity index (χ2n) is 13.7. The van der Waals surface area contributed by atoms with E-state index in [1.54, 1.807) is 0 Å². The van der Waals surface area contributed by atoms with Crippen molar-refractivity contribution in [2.45, 2.75) is 105 Å². The van der Waals surface area contributed by atoms with Crippen LogP contribution in [0, 0.1) is 6.92 Å². The molecule has 0 radical (unpaired) electrons. The van der Waals surface area contributed by atoms with Crippen LogP contribution in [0.4, 0.5) is 11.8 Å². The van der Waals surface area contributed by atoms with Crippen LogP contribution in [0.15, 0.2) is 77.7 Å². The van der Waals surface area contributed by atoms with Gasteiger partial charge in [0.15, 0.2) is 0 Å². The van der Waals surface area contributed by atoms with Crippen LogP contribution in [-0.4, -0.2) is 53.0 Å². The summed E-state index contributed by atoms with van der Waals surface area (Å²) in [6, 6.07) is 26.7. The van der Waals surface area contributed by atoms with Crippen LogP contribution in [-0.2, 0) is 0 Å². The molecule has 244 valence electrons. The van der Waals surface area contributed by atoms with Gasteiger partial charge in [-0.05, 0) is 93.2 Å². The molecule has 2 aliphatic rings. The number of aromatic nitrogens is 2. The first kappa shape index (κ1) is 32.8. The topological polar surface area (TPSA) is 73.3 Å². The Kier molecular flexibility index (Phi) is 11.2. The summed E-state index contributed by atoms with van der Waals surface area (Å²) < 4.78 is 0. The average Bonchev–Trinajstić information content (AvgIpc) is 3.09. The van der Waals surface area contributed by atoms with Crippen molar-refractivity contribution in [1.82, 2.24) is 15.3 Å². The minimum atomic E-state index is -0.473. The second kappa shape index (κ2) is 15.6. The molecule has 0 bridgehead atoms. The van der Waals surface area contributed by atoms with E-state index in [4.69, 9.17) is 9.97 Å². The highest BCUT2D eigenvalue weighted by atomic mass is 32.2. The van der Waals surface area contributed by atoms with Crippen LogP contribution in [0.25, 0.3) is 10.9 Å². The number of aryl methyl sites for hydroxylation is 1. The predicted octanol–water partition coefficient (Wildman–Crippen LogP) is 8.65. The molecular weight excluding hydrogens is 587 g/mol. The zero-order chi connectivity index (χ0) is 31.9. The highest BCUT2D eigenvalue weighted by Gasteiger charge is 2.25. The number of hydrogen-bond donors (Lipinski definition) is 3. The van der Waals surface area contributed by atoms with Crippen molar-refractivity contribution >= 4 is 34.4 Å². The molecule has 3 aromatic carbocycles. The van der Waals surface area contributed by atoms with Gasteiger partial charge >= 0.3 is 0 Å². The number of aliphatic hydroxyl groups is 1. The number of rotatable bonds is 12. The SMILES string of the molecule is Cc1ccc(SC(CN[C@H]2CC[C@@H](Nc3nc(N(C)C)c4ccccc4n3)CC2)CC(O)c2ccc(C3CCCCC3)cc2)cc1. The van der Waals surface area contributed by atoms with Gasteiger partial charge in [0, 0.05) is 48.3 Å². The highest BCUT2D eigenvalue weighted by molar-refractivity contribution is 8.00. The molecule has 46 heavy (non-hydrogen) atoms. The molecule has 0 aliphatic heterocycles. The first-order valence-electron chi connectivity index (χ1n) is 17.4. The number of hydrogen-bond acceptors (Lipinski definition) is 7. The van der Waals surface area contributed by atoms with Crippen LogP contribution in [0.3, 0.4) is 0 Å². The van der Waals surface area contributed by atoms with E-state index < -0.39 is 6.10 Å². The van der Waals surface area contributed by atoms with Gasteiger partial charge in [-0.3, -0.25) is 0 Å². The third kappa shape index (κ3) is 8.61. The molecule has 2 fully saturated rings. The van der Waals surface area contributed by atoms with Crippen LogP contribution in [0.5, 0.6) is 0 Å². The molecule has 2 saturated carbocycles. The number of anilines is 2. The molecular formula is C39H51N5OS. The molecule has 1 aromatic heterocycles. The normalized spacial score (nSPS) is 20.3. The number of para-hydroxylation sites is 1. The fourth-order valence-corrected chi connectivity index (χ4v) is 8.32. The molecule has 4 aromatic rings. The van der Waals surface area contributed by atoms with Gasteiger partial charge in [0.1, 0.15) is 5.82 Å². The lowest BCUT2D eigenvalue weighted by Crippen LogP contribution is -2.40. The van der Waals surface area contributed by atoms with Gasteiger partial charge in [0.05, 0.1) is 11.6 Å². The van der Waals surface area contributed by atoms with E-state index in [9.17, 15) is 5.11 Å². The smallest absolute Gasteiger partial charge is 0.225 e. The molecule has 6 rings (SSSR count). The van der Waals surface area contributed by atoms with Crippen LogP contribution in [0.2, 0.25) is 0 Å². The molecule has 2 aliphatic carbocycles. The van der Waals surface area contributed by atoms with Crippen molar-refractivity contribution in [2.75, 3.05) is 30.9 Å². The van der Waals surface area contributed by atoms with E-state index in [0.717, 1.165) is 60.9 Å². The number of nitrogens with zero attached hydrogens (tertiary/aromatic N) is 3. The molecule has 7 heteroatoms. The van der Waals surface area contributed by atoms with Crippen molar-refractivity contribution in [2.24, 2.45) is 0 Å². The van der Waals surface area contributed by atoms with Crippen LogP contribution < -0.4 is 15.5 Å². The van der Waals surface area contributed by atoms with E-state index in [-0.39, 0.29) is 5.25 Å². The summed E-state index contributed by atoms with van der Waals surface area (Å²) >= 11 is 1.89. The molecule has 0 amide bonds. The Morgan fingerprint density at radius 3 is 2.24 bits per heavy atom. The Bertz CT molecular complexity index is 1530. The molecule has 0 spiro atoms. The quantitative estimate of drug-likeness (QED) is 0.134. The maximum atomic E-state index is 11.4. The van der Waals surface area contributed by atoms with E-state index in [2.05, 4.69) is 83.1 Å². The van der Waals surface area contributed by atoms with E-state index in [1.165, 1.54) is 48.1 Å². The summed E-state index contributed by atoms with van der Waals surface area (Å²) in [4.78, 5) is 13.0. The fraction of sp³-hybridized carbons (Fsp3) is 0.487. The van der Waals surface area contributed by atoms with E-state index in [1.807, 2.05) is 38.0 Å². The Morgan fingerprint density at radius 1 is 0.826 bits per heavy atom. The van der Waals surface area contributed by atoms with Crippen molar-refractivity contribution in [3.63, 3.8) is 0 Å². The van der Waals surface area contributed by atoms with Gasteiger partial charge in [-0.15, -0.1) is 11.8 Å². The zero-order valence-corrected chi connectivity index (χ0v) is 28.6. The van der Waals surface area contributed by atoms with Gasteiger partial charge in [0.2, 0.25) is 5.95 Å². The third-order valence-electron chi connectivity index (χ3n) is 9.91. The number of benzene rings is 3. The van der Waals surface area contributed by atoms with Crippen molar-refractivity contribution in [3.05, 3.63) is 89.5 Å². The van der Waals surface area contributed by atoms with Gasteiger partial charge in [-0.25, -0.2) is 4.98 Å². The number of aliphatic hydroxyl groups excluding tert-OH is 1. The largest absolute Gasteiger partial charge is 0.388 e. The Labute approximate surface area is 279 Å². The Morgan fingerprint density at radius 2 is 1.52 bits per heavy atom. The Hall–Kier alpha value is -3.13. The monoisotopic (exact) mass is 637 g/mol. The van der Waals surface area contributed by atoms with Crippen molar-refractivity contribution < 1.29 is 5.11 Å². The van der Waals surface area contributed by atoms with Crippen molar-refractivity contribution in [1.29, 1.82) is 0 Å². The minimum Gasteiger partial charge on any atom is -0.388 e. The summed E-state index contributed by atoms with van der Waals surface area (Å²) in [5.41, 5.74) is 4.72.